The van der Waals surface area contributed by atoms with Gasteiger partial charge in [0.2, 0.25) is 0 Å². The van der Waals surface area contributed by atoms with Crippen LogP contribution in [0.4, 0.5) is 0 Å². The van der Waals surface area contributed by atoms with Crippen molar-refractivity contribution in [2.75, 3.05) is 33.3 Å². The van der Waals surface area contributed by atoms with Crippen LogP contribution in [-0.4, -0.2) is 59.1 Å². The fourth-order valence-corrected chi connectivity index (χ4v) is 4.12. The third kappa shape index (κ3) is 4.93. The van der Waals surface area contributed by atoms with Gasteiger partial charge in [0, 0.05) is 44.5 Å². The number of carbonyl (C=O) groups is 1. The second-order valence-corrected chi connectivity index (χ2v) is 7.72. The second kappa shape index (κ2) is 9.73. The number of aromatic nitrogens is 1. The number of rotatable bonds is 6. The van der Waals surface area contributed by atoms with E-state index in [9.17, 15) is 9.90 Å². The van der Waals surface area contributed by atoms with E-state index in [1.165, 1.54) is 12.7 Å². The first-order valence-electron chi connectivity index (χ1n) is 10.5. The lowest BCUT2D eigenvalue weighted by Gasteiger charge is -2.39. The van der Waals surface area contributed by atoms with Crippen molar-refractivity contribution in [1.82, 2.24) is 14.8 Å². The van der Waals surface area contributed by atoms with Crippen LogP contribution >= 0.6 is 0 Å². The van der Waals surface area contributed by atoms with Crippen LogP contribution in [-0.2, 0) is 11.3 Å². The van der Waals surface area contributed by atoms with Crippen LogP contribution in [0.3, 0.4) is 0 Å². The van der Waals surface area contributed by atoms with E-state index >= 15 is 0 Å². The SMILES string of the molecule is COC(=O)c1ccc(O)c(C(c2ccccn2)N2CCN(Cc3ccccc3)CC2)c1. The summed E-state index contributed by atoms with van der Waals surface area (Å²) in [5.74, 6) is -0.274. The summed E-state index contributed by atoms with van der Waals surface area (Å²) in [5, 5.41) is 10.7. The highest BCUT2D eigenvalue weighted by molar-refractivity contribution is 5.89. The average molecular weight is 418 g/mol. The molecule has 0 bridgehead atoms. The quantitative estimate of drug-likeness (QED) is 0.620. The number of methoxy groups -OCH3 is 1. The van der Waals surface area contributed by atoms with Gasteiger partial charge in [0.05, 0.1) is 24.4 Å². The fraction of sp³-hybridized carbons (Fsp3) is 0.280. The molecule has 6 nitrogen and oxygen atoms in total. The highest BCUT2D eigenvalue weighted by atomic mass is 16.5. The largest absolute Gasteiger partial charge is 0.508 e. The summed E-state index contributed by atoms with van der Waals surface area (Å²) in [7, 11) is 1.36. The van der Waals surface area contributed by atoms with Crippen LogP contribution in [0.25, 0.3) is 0 Å². The Kier molecular flexibility index (Phi) is 6.60. The molecule has 2 aromatic carbocycles. The molecule has 1 atom stereocenters. The van der Waals surface area contributed by atoms with E-state index in [1.54, 1.807) is 24.4 Å². The van der Waals surface area contributed by atoms with Gasteiger partial charge in [0.15, 0.2) is 0 Å². The van der Waals surface area contributed by atoms with E-state index in [-0.39, 0.29) is 11.8 Å². The van der Waals surface area contributed by atoms with Crippen LogP contribution in [0, 0.1) is 0 Å². The molecule has 1 aliphatic rings. The predicted molar refractivity (Wildman–Crippen MR) is 119 cm³/mol. The maximum absolute atomic E-state index is 12.1. The fourth-order valence-electron chi connectivity index (χ4n) is 4.12. The Morgan fingerprint density at radius 1 is 1.03 bits per heavy atom. The van der Waals surface area contributed by atoms with Crippen molar-refractivity contribution in [1.29, 1.82) is 0 Å². The van der Waals surface area contributed by atoms with Crippen LogP contribution in [0.1, 0.15) is 33.2 Å². The summed E-state index contributed by atoms with van der Waals surface area (Å²) in [6.45, 7) is 4.41. The zero-order chi connectivity index (χ0) is 21.6. The van der Waals surface area contributed by atoms with Crippen LogP contribution < -0.4 is 0 Å². The molecule has 0 saturated carbocycles. The third-order valence-corrected chi connectivity index (χ3v) is 5.73. The Labute approximate surface area is 182 Å². The number of hydrogen-bond donors (Lipinski definition) is 1. The minimum absolute atomic E-state index is 0.148. The highest BCUT2D eigenvalue weighted by Gasteiger charge is 2.29. The summed E-state index contributed by atoms with van der Waals surface area (Å²) >= 11 is 0. The summed E-state index contributed by atoms with van der Waals surface area (Å²) in [4.78, 5) is 21.4. The molecule has 0 radical (unpaired) electrons. The van der Waals surface area contributed by atoms with E-state index in [2.05, 4.69) is 39.0 Å². The number of hydrogen-bond acceptors (Lipinski definition) is 6. The van der Waals surface area contributed by atoms with Crippen LogP contribution in [0.15, 0.2) is 72.9 Å². The molecule has 1 unspecified atom stereocenters. The Hall–Kier alpha value is -3.22. The standard InChI is InChI=1S/C25H27N3O3/c1-31-25(30)20-10-11-23(29)21(17-20)24(22-9-5-6-12-26-22)28-15-13-27(14-16-28)18-19-7-3-2-4-8-19/h2-12,17,24,29H,13-16,18H2,1H3. The van der Waals surface area contributed by atoms with Gasteiger partial charge in [-0.05, 0) is 35.9 Å². The maximum Gasteiger partial charge on any atom is 0.337 e. The van der Waals surface area contributed by atoms with Crippen molar-refractivity contribution in [2.24, 2.45) is 0 Å². The molecule has 31 heavy (non-hydrogen) atoms. The van der Waals surface area contributed by atoms with Crippen molar-refractivity contribution in [3.63, 3.8) is 0 Å². The molecule has 0 aliphatic carbocycles. The van der Waals surface area contributed by atoms with Gasteiger partial charge in [-0.15, -0.1) is 0 Å². The normalized spacial score (nSPS) is 16.0. The molecule has 1 aromatic heterocycles. The minimum atomic E-state index is -0.422. The molecule has 0 spiro atoms. The Morgan fingerprint density at radius 3 is 2.45 bits per heavy atom. The van der Waals surface area contributed by atoms with Gasteiger partial charge in [-0.2, -0.15) is 0 Å². The zero-order valence-electron chi connectivity index (χ0n) is 17.6. The lowest BCUT2D eigenvalue weighted by atomic mass is 9.97. The average Bonchev–Trinajstić information content (AvgIpc) is 2.82. The van der Waals surface area contributed by atoms with Crippen molar-refractivity contribution in [3.05, 3.63) is 95.3 Å². The van der Waals surface area contributed by atoms with Crippen molar-refractivity contribution in [3.8, 4) is 5.75 Å². The Balaban J connectivity index is 1.58. The maximum atomic E-state index is 12.1. The van der Waals surface area contributed by atoms with Gasteiger partial charge < -0.3 is 9.84 Å². The topological polar surface area (TPSA) is 65.9 Å². The molecular formula is C25H27N3O3. The number of aromatic hydroxyl groups is 1. The van der Waals surface area contributed by atoms with Crippen molar-refractivity contribution >= 4 is 5.97 Å². The Morgan fingerprint density at radius 2 is 1.77 bits per heavy atom. The van der Waals surface area contributed by atoms with Gasteiger partial charge in [-0.1, -0.05) is 36.4 Å². The van der Waals surface area contributed by atoms with Crippen molar-refractivity contribution < 1.29 is 14.6 Å². The summed E-state index contributed by atoms with van der Waals surface area (Å²) in [6, 6.07) is 20.9. The molecule has 3 aromatic rings. The molecule has 1 saturated heterocycles. The van der Waals surface area contributed by atoms with E-state index in [0.717, 1.165) is 38.4 Å². The van der Waals surface area contributed by atoms with E-state index in [1.807, 2.05) is 24.3 Å². The highest BCUT2D eigenvalue weighted by Crippen LogP contribution is 2.35. The molecule has 160 valence electrons. The predicted octanol–water partition coefficient (Wildman–Crippen LogP) is 3.48. The first kappa shape index (κ1) is 21.0. The van der Waals surface area contributed by atoms with Crippen LogP contribution in [0.2, 0.25) is 0 Å². The first-order valence-corrected chi connectivity index (χ1v) is 10.5. The van der Waals surface area contributed by atoms with Gasteiger partial charge >= 0.3 is 5.97 Å². The zero-order valence-corrected chi connectivity index (χ0v) is 17.6. The number of phenols is 1. The number of esters is 1. The van der Waals surface area contributed by atoms with Gasteiger partial charge in [0.25, 0.3) is 0 Å². The number of benzene rings is 2. The van der Waals surface area contributed by atoms with Gasteiger partial charge in [-0.3, -0.25) is 14.8 Å². The molecule has 1 aliphatic heterocycles. The van der Waals surface area contributed by atoms with Crippen LogP contribution in [0.5, 0.6) is 5.75 Å². The third-order valence-electron chi connectivity index (χ3n) is 5.73. The number of ether oxygens (including phenoxy) is 1. The number of carbonyl (C=O) groups excluding carboxylic acids is 1. The molecule has 4 rings (SSSR count). The monoisotopic (exact) mass is 417 g/mol. The molecule has 1 fully saturated rings. The van der Waals surface area contributed by atoms with E-state index in [4.69, 9.17) is 4.74 Å². The molecule has 1 N–H and O–H groups in total. The second-order valence-electron chi connectivity index (χ2n) is 7.72. The van der Waals surface area contributed by atoms with Gasteiger partial charge in [-0.25, -0.2) is 4.79 Å². The molecule has 2 heterocycles. The molecule has 0 amide bonds. The van der Waals surface area contributed by atoms with Crippen molar-refractivity contribution in [2.45, 2.75) is 12.6 Å². The van der Waals surface area contributed by atoms with E-state index < -0.39 is 5.97 Å². The smallest absolute Gasteiger partial charge is 0.337 e. The lowest BCUT2D eigenvalue weighted by Crippen LogP contribution is -2.47. The lowest BCUT2D eigenvalue weighted by molar-refractivity contribution is 0.0600. The molecule has 6 heteroatoms. The summed E-state index contributed by atoms with van der Waals surface area (Å²) in [5.41, 5.74) is 3.23. The molecular weight excluding hydrogens is 390 g/mol. The summed E-state index contributed by atoms with van der Waals surface area (Å²) in [6.07, 6.45) is 1.76. The van der Waals surface area contributed by atoms with Gasteiger partial charge in [0.1, 0.15) is 5.75 Å². The Bertz CT molecular complexity index is 1000. The number of pyridine rings is 1. The summed E-state index contributed by atoms with van der Waals surface area (Å²) < 4.78 is 4.88. The number of phenolic OH excluding ortho intramolecular Hbond substituents is 1. The minimum Gasteiger partial charge on any atom is -0.508 e. The number of nitrogens with zero attached hydrogens (tertiary/aromatic N) is 3. The van der Waals surface area contributed by atoms with E-state index in [0.29, 0.717) is 11.1 Å². The first-order chi connectivity index (χ1) is 15.2. The number of piperazine rings is 1.